The molecular formula is C35H55NO5. The number of hydrogen-bond donors (Lipinski definition) is 2. The fourth-order valence-corrected chi connectivity index (χ4v) is 3.81. The molecular weight excluding hydrogens is 514 g/mol. The lowest BCUT2D eigenvalue weighted by Gasteiger charge is -2.14. The highest BCUT2D eigenvalue weighted by Gasteiger charge is 2.11. The quantitative estimate of drug-likeness (QED) is 0.0617. The minimum absolute atomic E-state index is 0.185. The van der Waals surface area contributed by atoms with E-state index in [4.69, 9.17) is 9.84 Å². The second-order valence-electron chi connectivity index (χ2n) is 9.97. The molecule has 0 spiro atoms. The number of rotatable bonds is 26. The largest absolute Gasteiger partial charge is 0.480 e. The number of carboxylic acid groups (broad SMARTS) is 1. The van der Waals surface area contributed by atoms with Crippen molar-refractivity contribution < 1.29 is 24.2 Å². The van der Waals surface area contributed by atoms with Crippen LogP contribution >= 0.6 is 0 Å². The molecule has 6 nitrogen and oxygen atoms in total. The van der Waals surface area contributed by atoms with Gasteiger partial charge in [-0.15, -0.1) is 0 Å². The minimum Gasteiger partial charge on any atom is -0.480 e. The third kappa shape index (κ3) is 29.7. The van der Waals surface area contributed by atoms with Crippen LogP contribution in [0.3, 0.4) is 0 Å². The Morgan fingerprint density at radius 3 is 1.90 bits per heavy atom. The van der Waals surface area contributed by atoms with Crippen LogP contribution in [0.15, 0.2) is 72.9 Å². The van der Waals surface area contributed by atoms with Gasteiger partial charge in [0, 0.05) is 12.8 Å². The number of esters is 1. The molecule has 0 aromatic rings. The Balaban J connectivity index is 4.39. The summed E-state index contributed by atoms with van der Waals surface area (Å²) in [6.07, 6.45) is 39.0. The van der Waals surface area contributed by atoms with Crippen molar-refractivity contribution in [3.05, 3.63) is 72.9 Å². The molecule has 0 heterocycles. The molecule has 0 radical (unpaired) electrons. The van der Waals surface area contributed by atoms with Gasteiger partial charge in [-0.25, -0.2) is 0 Å². The van der Waals surface area contributed by atoms with Crippen LogP contribution in [0.1, 0.15) is 117 Å². The standard InChI is InChI=1S/C35H55NO5/c1-3-5-7-9-11-12-13-14-15-16-18-20-26-30-35(40)41-32(27-23-19-17-10-8-6-4-2)28-24-21-22-25-29-33(37)36-31-34(38)39/h5,7,10-12,14-15,17-18,20,23,27,32H,3-4,6,8-9,13,16,19,21-22,24-26,28-31H2,1-2H3,(H,36,37)(H,38,39)/b7-5-,12-11-,15-14-,17-10-,20-18-,27-23-. The van der Waals surface area contributed by atoms with Crippen LogP contribution < -0.4 is 5.32 Å². The van der Waals surface area contributed by atoms with E-state index >= 15 is 0 Å². The summed E-state index contributed by atoms with van der Waals surface area (Å²) in [5, 5.41) is 11.0. The van der Waals surface area contributed by atoms with Gasteiger partial charge in [0.2, 0.25) is 5.91 Å². The summed E-state index contributed by atoms with van der Waals surface area (Å²) in [4.78, 5) is 34.6. The van der Waals surface area contributed by atoms with Crippen LogP contribution in [0.5, 0.6) is 0 Å². The van der Waals surface area contributed by atoms with Gasteiger partial charge in [0.25, 0.3) is 0 Å². The highest BCUT2D eigenvalue weighted by molar-refractivity contribution is 5.80. The lowest BCUT2D eigenvalue weighted by atomic mass is 10.1. The number of unbranched alkanes of at least 4 members (excludes halogenated alkanes) is 5. The number of carboxylic acids is 1. The van der Waals surface area contributed by atoms with Gasteiger partial charge in [-0.05, 0) is 70.3 Å². The molecule has 1 atom stereocenters. The van der Waals surface area contributed by atoms with Crippen molar-refractivity contribution in [1.82, 2.24) is 5.32 Å². The fourth-order valence-electron chi connectivity index (χ4n) is 3.81. The van der Waals surface area contributed by atoms with E-state index in [0.29, 0.717) is 25.7 Å². The van der Waals surface area contributed by atoms with Crippen LogP contribution in [0.25, 0.3) is 0 Å². The molecule has 1 unspecified atom stereocenters. The van der Waals surface area contributed by atoms with Crippen LogP contribution in [-0.4, -0.2) is 35.6 Å². The molecule has 230 valence electrons. The van der Waals surface area contributed by atoms with Gasteiger partial charge >= 0.3 is 11.9 Å². The van der Waals surface area contributed by atoms with Crippen molar-refractivity contribution in [1.29, 1.82) is 0 Å². The number of carbonyl (C=O) groups excluding carboxylic acids is 2. The van der Waals surface area contributed by atoms with Gasteiger partial charge in [-0.1, -0.05) is 106 Å². The predicted octanol–water partition coefficient (Wildman–Crippen LogP) is 8.72. The van der Waals surface area contributed by atoms with Crippen molar-refractivity contribution in [2.45, 2.75) is 123 Å². The molecule has 2 N–H and O–H groups in total. The Hall–Kier alpha value is -3.15. The smallest absolute Gasteiger partial charge is 0.322 e. The van der Waals surface area contributed by atoms with Crippen LogP contribution in [0.2, 0.25) is 0 Å². The van der Waals surface area contributed by atoms with Gasteiger partial charge in [0.15, 0.2) is 0 Å². The van der Waals surface area contributed by atoms with Gasteiger partial charge in [-0.2, -0.15) is 0 Å². The van der Waals surface area contributed by atoms with Gasteiger partial charge in [0.05, 0.1) is 0 Å². The zero-order valence-corrected chi connectivity index (χ0v) is 25.6. The molecule has 0 aliphatic rings. The van der Waals surface area contributed by atoms with E-state index in [0.717, 1.165) is 64.2 Å². The first kappa shape index (κ1) is 37.9. The number of amides is 1. The highest BCUT2D eigenvalue weighted by Crippen LogP contribution is 2.13. The van der Waals surface area contributed by atoms with E-state index in [2.05, 4.69) is 79.9 Å². The Labute approximate surface area is 249 Å². The second kappa shape index (κ2) is 29.8. The Bertz CT molecular complexity index is 851. The molecule has 0 bridgehead atoms. The van der Waals surface area contributed by atoms with Gasteiger partial charge in [-0.3, -0.25) is 14.4 Å². The summed E-state index contributed by atoms with van der Waals surface area (Å²) >= 11 is 0. The first-order chi connectivity index (χ1) is 20.0. The van der Waals surface area contributed by atoms with E-state index in [1.165, 1.54) is 12.8 Å². The number of carbonyl (C=O) groups is 3. The molecule has 0 aromatic heterocycles. The van der Waals surface area contributed by atoms with Crippen molar-refractivity contribution in [2.75, 3.05) is 6.54 Å². The van der Waals surface area contributed by atoms with Crippen molar-refractivity contribution in [3.63, 3.8) is 0 Å². The molecule has 0 saturated carbocycles. The maximum atomic E-state index is 12.5. The Morgan fingerprint density at radius 2 is 1.27 bits per heavy atom. The highest BCUT2D eigenvalue weighted by atomic mass is 16.5. The molecule has 1 amide bonds. The molecule has 0 rings (SSSR count). The van der Waals surface area contributed by atoms with E-state index in [1.54, 1.807) is 0 Å². The summed E-state index contributed by atoms with van der Waals surface area (Å²) in [7, 11) is 0. The summed E-state index contributed by atoms with van der Waals surface area (Å²) in [6.45, 7) is 3.98. The molecule has 0 aliphatic heterocycles. The van der Waals surface area contributed by atoms with E-state index in [1.807, 2.05) is 12.2 Å². The van der Waals surface area contributed by atoms with Crippen LogP contribution in [0.4, 0.5) is 0 Å². The number of aliphatic carboxylic acids is 1. The Kier molecular flexibility index (Phi) is 27.5. The maximum Gasteiger partial charge on any atom is 0.322 e. The number of ether oxygens (including phenoxy) is 1. The zero-order valence-electron chi connectivity index (χ0n) is 25.6. The lowest BCUT2D eigenvalue weighted by Crippen LogP contribution is -2.28. The van der Waals surface area contributed by atoms with Gasteiger partial charge in [0.1, 0.15) is 12.6 Å². The summed E-state index contributed by atoms with van der Waals surface area (Å²) in [5.41, 5.74) is 0. The third-order valence-corrected chi connectivity index (χ3v) is 6.11. The van der Waals surface area contributed by atoms with Crippen LogP contribution in [-0.2, 0) is 19.1 Å². The monoisotopic (exact) mass is 569 g/mol. The molecule has 0 aromatic carbocycles. The lowest BCUT2D eigenvalue weighted by molar-refractivity contribution is -0.147. The molecule has 0 saturated heterocycles. The summed E-state index contributed by atoms with van der Waals surface area (Å²) in [5.74, 6) is -1.46. The molecule has 6 heteroatoms. The van der Waals surface area contributed by atoms with Crippen molar-refractivity contribution in [2.24, 2.45) is 0 Å². The average molecular weight is 570 g/mol. The first-order valence-electron chi connectivity index (χ1n) is 15.6. The number of nitrogens with one attached hydrogen (secondary N) is 1. The van der Waals surface area contributed by atoms with Crippen LogP contribution in [0, 0.1) is 0 Å². The number of allylic oxidation sites excluding steroid dienone is 11. The van der Waals surface area contributed by atoms with Gasteiger partial charge < -0.3 is 15.2 Å². The third-order valence-electron chi connectivity index (χ3n) is 6.11. The fraction of sp³-hybridized carbons (Fsp3) is 0.571. The van der Waals surface area contributed by atoms with E-state index in [9.17, 15) is 14.4 Å². The summed E-state index contributed by atoms with van der Waals surface area (Å²) < 4.78 is 5.77. The first-order valence-corrected chi connectivity index (χ1v) is 15.6. The predicted molar refractivity (Wildman–Crippen MR) is 171 cm³/mol. The van der Waals surface area contributed by atoms with Crippen molar-refractivity contribution in [3.8, 4) is 0 Å². The minimum atomic E-state index is -1.04. The SMILES string of the molecule is CC/C=C\C/C=C\C/C=C\C/C=C\CCC(=O)OC(/C=C\C/C=C\CCCC)CCCCCCC(=O)NCC(=O)O. The topological polar surface area (TPSA) is 92.7 Å². The normalized spacial score (nSPS) is 13.0. The average Bonchev–Trinajstić information content (AvgIpc) is 2.95. The molecule has 41 heavy (non-hydrogen) atoms. The number of hydrogen-bond acceptors (Lipinski definition) is 4. The van der Waals surface area contributed by atoms with E-state index < -0.39 is 5.97 Å². The zero-order chi connectivity index (χ0) is 30.2. The Morgan fingerprint density at radius 1 is 0.683 bits per heavy atom. The van der Waals surface area contributed by atoms with E-state index in [-0.39, 0.29) is 24.5 Å². The summed E-state index contributed by atoms with van der Waals surface area (Å²) in [6, 6.07) is 0. The molecule has 0 fully saturated rings. The van der Waals surface area contributed by atoms with Crippen molar-refractivity contribution >= 4 is 17.8 Å². The molecule has 0 aliphatic carbocycles. The maximum absolute atomic E-state index is 12.5. The second-order valence-corrected chi connectivity index (χ2v) is 9.97.